The van der Waals surface area contributed by atoms with E-state index in [9.17, 15) is 4.79 Å². The number of pyridine rings is 1. The van der Waals surface area contributed by atoms with Crippen LogP contribution < -0.4 is 5.32 Å². The second-order valence-corrected chi connectivity index (χ2v) is 5.40. The topological polar surface area (TPSA) is 78.3 Å². The Morgan fingerprint density at radius 2 is 2.14 bits per heavy atom. The number of amides is 1. The molecule has 1 unspecified atom stereocenters. The Balaban J connectivity index is 1.61. The summed E-state index contributed by atoms with van der Waals surface area (Å²) in [6.07, 6.45) is 4.26. The molecule has 21 heavy (non-hydrogen) atoms. The number of hydrogen-bond donors (Lipinski definition) is 1. The van der Waals surface area contributed by atoms with Crippen molar-refractivity contribution in [2.45, 2.75) is 31.3 Å². The first-order valence-electron chi connectivity index (χ1n) is 7.29. The van der Waals surface area contributed by atoms with Crippen LogP contribution in [0, 0.1) is 11.3 Å². The standard InChI is InChI=1S/C15H18N4O2/c16-9-11-1-2-12(10-17-11)18-14-3-6-19(15(14)20)13-4-7-21-8-5-13/h1-2,10,13-14,18H,3-8H2. The van der Waals surface area contributed by atoms with Gasteiger partial charge in [0.15, 0.2) is 0 Å². The number of rotatable bonds is 3. The van der Waals surface area contributed by atoms with Crippen molar-refractivity contribution < 1.29 is 9.53 Å². The van der Waals surface area contributed by atoms with Gasteiger partial charge < -0.3 is 15.0 Å². The smallest absolute Gasteiger partial charge is 0.245 e. The van der Waals surface area contributed by atoms with Crippen LogP contribution in [-0.2, 0) is 9.53 Å². The highest BCUT2D eigenvalue weighted by Crippen LogP contribution is 2.23. The van der Waals surface area contributed by atoms with Crippen LogP contribution >= 0.6 is 0 Å². The van der Waals surface area contributed by atoms with E-state index in [1.165, 1.54) is 0 Å². The molecular weight excluding hydrogens is 268 g/mol. The van der Waals surface area contributed by atoms with Gasteiger partial charge in [-0.1, -0.05) is 0 Å². The minimum Gasteiger partial charge on any atom is -0.381 e. The molecule has 6 nitrogen and oxygen atoms in total. The van der Waals surface area contributed by atoms with Gasteiger partial charge in [0.25, 0.3) is 0 Å². The summed E-state index contributed by atoms with van der Waals surface area (Å²) in [6.45, 7) is 2.28. The lowest BCUT2D eigenvalue weighted by Gasteiger charge is -2.31. The van der Waals surface area contributed by atoms with E-state index in [-0.39, 0.29) is 11.9 Å². The Hall–Kier alpha value is -2.13. The molecule has 1 N–H and O–H groups in total. The highest BCUT2D eigenvalue weighted by atomic mass is 16.5. The maximum absolute atomic E-state index is 12.5. The number of carbonyl (C=O) groups excluding carboxylic acids is 1. The zero-order chi connectivity index (χ0) is 14.7. The van der Waals surface area contributed by atoms with Crippen LogP contribution in [0.2, 0.25) is 0 Å². The first kappa shape index (κ1) is 13.8. The average molecular weight is 286 g/mol. The van der Waals surface area contributed by atoms with E-state index in [1.54, 1.807) is 18.3 Å². The predicted molar refractivity (Wildman–Crippen MR) is 76.5 cm³/mol. The number of hydrogen-bond acceptors (Lipinski definition) is 5. The van der Waals surface area contributed by atoms with Crippen molar-refractivity contribution in [1.82, 2.24) is 9.88 Å². The van der Waals surface area contributed by atoms with Crippen LogP contribution in [0.25, 0.3) is 0 Å². The number of nitriles is 1. The molecular formula is C15H18N4O2. The highest BCUT2D eigenvalue weighted by molar-refractivity contribution is 5.87. The number of carbonyl (C=O) groups is 1. The molecule has 2 aliphatic heterocycles. The van der Waals surface area contributed by atoms with Gasteiger partial charge in [0.1, 0.15) is 17.8 Å². The van der Waals surface area contributed by atoms with E-state index in [0.717, 1.165) is 44.7 Å². The van der Waals surface area contributed by atoms with Gasteiger partial charge in [-0.2, -0.15) is 5.26 Å². The SMILES string of the molecule is N#Cc1ccc(NC2CCN(C3CCOCC3)C2=O)cn1. The molecule has 1 atom stereocenters. The Morgan fingerprint density at radius 3 is 2.81 bits per heavy atom. The molecule has 1 amide bonds. The van der Waals surface area contributed by atoms with Crippen LogP contribution in [0.15, 0.2) is 18.3 Å². The zero-order valence-corrected chi connectivity index (χ0v) is 11.8. The van der Waals surface area contributed by atoms with E-state index < -0.39 is 0 Å². The number of nitrogens with one attached hydrogen (secondary N) is 1. The lowest BCUT2D eigenvalue weighted by atomic mass is 10.1. The van der Waals surface area contributed by atoms with Gasteiger partial charge in [-0.05, 0) is 31.4 Å². The van der Waals surface area contributed by atoms with Crippen molar-refractivity contribution in [3.05, 3.63) is 24.0 Å². The maximum Gasteiger partial charge on any atom is 0.245 e. The molecule has 0 aliphatic carbocycles. The Bertz CT molecular complexity index is 546. The van der Waals surface area contributed by atoms with Crippen molar-refractivity contribution in [2.24, 2.45) is 0 Å². The van der Waals surface area contributed by atoms with Crippen molar-refractivity contribution in [3.63, 3.8) is 0 Å². The summed E-state index contributed by atoms with van der Waals surface area (Å²) in [6, 6.07) is 5.54. The first-order valence-corrected chi connectivity index (χ1v) is 7.29. The summed E-state index contributed by atoms with van der Waals surface area (Å²) < 4.78 is 5.35. The minimum atomic E-state index is -0.192. The van der Waals surface area contributed by atoms with Gasteiger partial charge in [-0.15, -0.1) is 0 Å². The fraction of sp³-hybridized carbons (Fsp3) is 0.533. The molecule has 0 spiro atoms. The molecule has 2 fully saturated rings. The maximum atomic E-state index is 12.5. The average Bonchev–Trinajstić information content (AvgIpc) is 2.90. The first-order chi connectivity index (χ1) is 10.3. The second kappa shape index (κ2) is 6.10. The molecule has 1 aromatic heterocycles. The van der Waals surface area contributed by atoms with Gasteiger partial charge in [0, 0.05) is 25.8 Å². The molecule has 2 saturated heterocycles. The minimum absolute atomic E-state index is 0.159. The number of aromatic nitrogens is 1. The number of nitrogens with zero attached hydrogens (tertiary/aromatic N) is 3. The molecule has 0 saturated carbocycles. The summed E-state index contributed by atoms with van der Waals surface area (Å²) in [5.41, 5.74) is 1.16. The quantitative estimate of drug-likeness (QED) is 0.901. The Labute approximate surface area is 123 Å². The predicted octanol–water partition coefficient (Wildman–Crippen LogP) is 1.15. The van der Waals surface area contributed by atoms with Crippen molar-refractivity contribution in [3.8, 4) is 6.07 Å². The molecule has 3 heterocycles. The van der Waals surface area contributed by atoms with Crippen LogP contribution in [0.5, 0.6) is 0 Å². The fourth-order valence-electron chi connectivity index (χ4n) is 2.94. The normalized spacial score (nSPS) is 23.1. The third kappa shape index (κ3) is 2.98. The molecule has 0 radical (unpaired) electrons. The van der Waals surface area contributed by atoms with Gasteiger partial charge >= 0.3 is 0 Å². The van der Waals surface area contributed by atoms with E-state index in [1.807, 2.05) is 11.0 Å². The summed E-state index contributed by atoms with van der Waals surface area (Å²) in [7, 11) is 0. The number of anilines is 1. The van der Waals surface area contributed by atoms with Gasteiger partial charge in [0.2, 0.25) is 5.91 Å². The molecule has 0 bridgehead atoms. The largest absolute Gasteiger partial charge is 0.381 e. The van der Waals surface area contributed by atoms with Crippen molar-refractivity contribution in [1.29, 1.82) is 5.26 Å². The number of likely N-dealkylation sites (tertiary alicyclic amines) is 1. The van der Waals surface area contributed by atoms with Gasteiger partial charge in [0.05, 0.1) is 11.9 Å². The van der Waals surface area contributed by atoms with Crippen LogP contribution in [0.3, 0.4) is 0 Å². The molecule has 2 aliphatic rings. The van der Waals surface area contributed by atoms with E-state index in [0.29, 0.717) is 11.7 Å². The monoisotopic (exact) mass is 286 g/mol. The second-order valence-electron chi connectivity index (χ2n) is 5.40. The number of ether oxygens (including phenoxy) is 1. The summed E-state index contributed by atoms with van der Waals surface area (Å²) in [5.74, 6) is 0.159. The third-order valence-electron chi connectivity index (χ3n) is 4.09. The van der Waals surface area contributed by atoms with Gasteiger partial charge in [-0.3, -0.25) is 4.79 Å². The summed E-state index contributed by atoms with van der Waals surface area (Å²) in [4.78, 5) is 18.5. The fourth-order valence-corrected chi connectivity index (χ4v) is 2.94. The van der Waals surface area contributed by atoms with E-state index in [4.69, 9.17) is 10.00 Å². The molecule has 110 valence electrons. The Morgan fingerprint density at radius 1 is 1.33 bits per heavy atom. The Kier molecular flexibility index (Phi) is 4.02. The van der Waals surface area contributed by atoms with Crippen molar-refractivity contribution >= 4 is 11.6 Å². The third-order valence-corrected chi connectivity index (χ3v) is 4.09. The van der Waals surface area contributed by atoms with Crippen molar-refractivity contribution in [2.75, 3.05) is 25.1 Å². The molecule has 3 rings (SSSR count). The van der Waals surface area contributed by atoms with Crippen LogP contribution in [-0.4, -0.2) is 47.6 Å². The van der Waals surface area contributed by atoms with E-state index in [2.05, 4.69) is 10.3 Å². The van der Waals surface area contributed by atoms with E-state index >= 15 is 0 Å². The molecule has 1 aromatic rings. The van der Waals surface area contributed by atoms with Crippen LogP contribution in [0.1, 0.15) is 25.0 Å². The molecule has 0 aromatic carbocycles. The summed E-state index contributed by atoms with van der Waals surface area (Å²) in [5, 5.41) is 11.9. The zero-order valence-electron chi connectivity index (χ0n) is 11.8. The highest BCUT2D eigenvalue weighted by Gasteiger charge is 2.36. The molecule has 6 heteroatoms. The summed E-state index contributed by atoms with van der Waals surface area (Å²) >= 11 is 0. The lowest BCUT2D eigenvalue weighted by molar-refractivity contribution is -0.131. The van der Waals surface area contributed by atoms with Crippen LogP contribution in [0.4, 0.5) is 5.69 Å². The lowest BCUT2D eigenvalue weighted by Crippen LogP contribution is -2.43. The van der Waals surface area contributed by atoms with Gasteiger partial charge in [-0.25, -0.2) is 4.98 Å².